The molecule has 0 saturated carbocycles. The first-order valence-electron chi connectivity index (χ1n) is 6.53. The lowest BCUT2D eigenvalue weighted by molar-refractivity contribution is 0.201. The van der Waals surface area contributed by atoms with Crippen LogP contribution in [-0.4, -0.2) is 39.7 Å². The van der Waals surface area contributed by atoms with Crippen LogP contribution in [-0.2, 0) is 6.54 Å². The molecule has 0 saturated heterocycles. The number of rotatable bonds is 6. The van der Waals surface area contributed by atoms with Gasteiger partial charge in [0.2, 0.25) is 0 Å². The van der Waals surface area contributed by atoms with Crippen molar-refractivity contribution in [2.75, 3.05) is 25.4 Å². The van der Waals surface area contributed by atoms with E-state index in [0.29, 0.717) is 31.3 Å². The lowest BCUT2D eigenvalue weighted by Gasteiger charge is -2.18. The Bertz CT molecular complexity index is 623. The Hall–Kier alpha value is -1.50. The van der Waals surface area contributed by atoms with Gasteiger partial charge in [-0.3, -0.25) is 4.90 Å². The second-order valence-electron chi connectivity index (χ2n) is 4.74. The van der Waals surface area contributed by atoms with Crippen molar-refractivity contribution in [2.45, 2.75) is 20.4 Å². The van der Waals surface area contributed by atoms with Gasteiger partial charge in [0.15, 0.2) is 0 Å². The average Bonchev–Trinajstić information content (AvgIpc) is 2.66. The predicted octanol–water partition coefficient (Wildman–Crippen LogP) is 1.87. The van der Waals surface area contributed by atoms with Gasteiger partial charge in [0, 0.05) is 18.0 Å². The van der Waals surface area contributed by atoms with Crippen LogP contribution < -0.4 is 5.73 Å². The van der Waals surface area contributed by atoms with E-state index < -0.39 is 0 Å². The molecule has 2 heterocycles. The summed E-state index contributed by atoms with van der Waals surface area (Å²) < 4.78 is 0. The third kappa shape index (κ3) is 2.98. The molecule has 0 amide bonds. The molecule has 0 bridgehead atoms. The van der Waals surface area contributed by atoms with E-state index in [0.717, 1.165) is 15.8 Å². The first-order valence-corrected chi connectivity index (χ1v) is 7.34. The highest BCUT2D eigenvalue weighted by Crippen LogP contribution is 2.31. The molecule has 0 spiro atoms. The lowest BCUT2D eigenvalue weighted by atomic mass is 10.2. The van der Waals surface area contributed by atoms with E-state index in [1.165, 1.54) is 4.88 Å². The monoisotopic (exact) mass is 292 g/mol. The fourth-order valence-electron chi connectivity index (χ4n) is 2.16. The summed E-state index contributed by atoms with van der Waals surface area (Å²) >= 11 is 1.64. The van der Waals surface area contributed by atoms with Crippen molar-refractivity contribution in [1.82, 2.24) is 14.9 Å². The fraction of sp³-hybridized carbons (Fsp3) is 0.429. The Labute approximate surface area is 122 Å². The van der Waals surface area contributed by atoms with Crippen LogP contribution in [0.2, 0.25) is 0 Å². The summed E-state index contributed by atoms with van der Waals surface area (Å²) in [7, 11) is 0. The number of aromatic nitrogens is 2. The topological polar surface area (TPSA) is 75.3 Å². The smallest absolute Gasteiger partial charge is 0.146 e. The van der Waals surface area contributed by atoms with Crippen molar-refractivity contribution in [2.24, 2.45) is 0 Å². The number of aliphatic hydroxyl groups excluding tert-OH is 1. The number of fused-ring (bicyclic) bond motifs is 1. The van der Waals surface area contributed by atoms with Gasteiger partial charge < -0.3 is 10.8 Å². The van der Waals surface area contributed by atoms with Crippen molar-refractivity contribution in [3.8, 4) is 0 Å². The van der Waals surface area contributed by atoms with E-state index in [4.69, 9.17) is 10.8 Å². The molecule has 0 aliphatic carbocycles. The van der Waals surface area contributed by atoms with Gasteiger partial charge in [0.25, 0.3) is 0 Å². The van der Waals surface area contributed by atoms with E-state index in [1.807, 2.05) is 11.8 Å². The zero-order valence-electron chi connectivity index (χ0n) is 11.9. The van der Waals surface area contributed by atoms with Gasteiger partial charge in [-0.25, -0.2) is 9.97 Å². The van der Waals surface area contributed by atoms with E-state index in [1.54, 1.807) is 17.4 Å². The molecule has 5 nitrogen and oxygen atoms in total. The molecule has 0 aliphatic heterocycles. The number of thiophene rings is 1. The largest absolute Gasteiger partial charge is 0.395 e. The van der Waals surface area contributed by atoms with Crippen molar-refractivity contribution in [3.63, 3.8) is 0 Å². The van der Waals surface area contributed by atoms with Crippen LogP contribution in [0.25, 0.3) is 10.2 Å². The summed E-state index contributed by atoms with van der Waals surface area (Å²) in [5.41, 5.74) is 7.22. The molecule has 2 rings (SSSR count). The van der Waals surface area contributed by atoms with E-state index in [9.17, 15) is 0 Å². The summed E-state index contributed by atoms with van der Waals surface area (Å²) in [5.74, 6) is 1.22. The highest BCUT2D eigenvalue weighted by molar-refractivity contribution is 7.18. The van der Waals surface area contributed by atoms with Gasteiger partial charge in [-0.15, -0.1) is 17.9 Å². The number of nitrogens with zero attached hydrogens (tertiary/aromatic N) is 3. The number of nitrogen functional groups attached to an aromatic ring is 1. The number of anilines is 1. The van der Waals surface area contributed by atoms with Crippen molar-refractivity contribution in [1.29, 1.82) is 0 Å². The second-order valence-corrected chi connectivity index (χ2v) is 5.94. The zero-order chi connectivity index (χ0) is 14.7. The lowest BCUT2D eigenvalue weighted by Crippen LogP contribution is -2.27. The minimum absolute atomic E-state index is 0.1000. The Morgan fingerprint density at radius 3 is 2.80 bits per heavy atom. The quantitative estimate of drug-likeness (QED) is 0.795. The number of hydrogen-bond donors (Lipinski definition) is 2. The average molecular weight is 292 g/mol. The number of aliphatic hydroxyl groups is 1. The summed E-state index contributed by atoms with van der Waals surface area (Å²) in [5, 5.41) is 10.0. The SMILES string of the molecule is C=CCN(CCO)Cc1nc(N)c2c(C)c(C)sc2n1. The maximum atomic E-state index is 9.07. The van der Waals surface area contributed by atoms with E-state index in [2.05, 4.69) is 23.5 Å². The first kappa shape index (κ1) is 14.9. The highest BCUT2D eigenvalue weighted by Gasteiger charge is 2.14. The molecule has 2 aromatic rings. The third-order valence-electron chi connectivity index (χ3n) is 3.27. The van der Waals surface area contributed by atoms with Crippen LogP contribution in [0.15, 0.2) is 12.7 Å². The van der Waals surface area contributed by atoms with Crippen LogP contribution in [0.3, 0.4) is 0 Å². The van der Waals surface area contributed by atoms with Crippen molar-refractivity contribution in [3.05, 3.63) is 28.9 Å². The Morgan fingerprint density at radius 1 is 1.40 bits per heavy atom. The van der Waals surface area contributed by atoms with Crippen LogP contribution in [0.4, 0.5) is 5.82 Å². The van der Waals surface area contributed by atoms with Gasteiger partial charge in [0.1, 0.15) is 16.5 Å². The zero-order valence-corrected chi connectivity index (χ0v) is 12.7. The first-order chi connectivity index (χ1) is 9.56. The summed E-state index contributed by atoms with van der Waals surface area (Å²) in [6.07, 6.45) is 1.80. The molecule has 0 aromatic carbocycles. The van der Waals surface area contributed by atoms with Crippen LogP contribution in [0.5, 0.6) is 0 Å². The minimum Gasteiger partial charge on any atom is -0.395 e. The molecule has 108 valence electrons. The molecular weight excluding hydrogens is 272 g/mol. The predicted molar refractivity (Wildman–Crippen MR) is 83.9 cm³/mol. The van der Waals surface area contributed by atoms with Crippen LogP contribution in [0.1, 0.15) is 16.3 Å². The van der Waals surface area contributed by atoms with Gasteiger partial charge in [-0.05, 0) is 19.4 Å². The third-order valence-corrected chi connectivity index (χ3v) is 4.37. The second kappa shape index (κ2) is 6.30. The molecule has 0 atom stereocenters. The van der Waals surface area contributed by atoms with Crippen LogP contribution in [0, 0.1) is 13.8 Å². The van der Waals surface area contributed by atoms with E-state index in [-0.39, 0.29) is 6.61 Å². The summed E-state index contributed by atoms with van der Waals surface area (Å²) in [6, 6.07) is 0. The molecule has 3 N–H and O–H groups in total. The molecule has 2 aromatic heterocycles. The molecular formula is C14H20N4OS. The van der Waals surface area contributed by atoms with Gasteiger partial charge in [-0.2, -0.15) is 0 Å². The summed E-state index contributed by atoms with van der Waals surface area (Å²) in [6.45, 7) is 9.74. The maximum Gasteiger partial charge on any atom is 0.146 e. The summed E-state index contributed by atoms with van der Waals surface area (Å²) in [4.78, 5) is 13.2. The molecule has 20 heavy (non-hydrogen) atoms. The molecule has 0 fully saturated rings. The fourth-order valence-corrected chi connectivity index (χ4v) is 3.21. The van der Waals surface area contributed by atoms with Gasteiger partial charge >= 0.3 is 0 Å². The normalized spacial score (nSPS) is 11.4. The number of aryl methyl sites for hydroxylation is 2. The standard InChI is InChI=1S/C14H20N4OS/c1-4-5-18(6-7-19)8-11-16-13(15)12-9(2)10(3)20-14(12)17-11/h4,19H,1,5-8H2,2-3H3,(H2,15,16,17). The molecule has 0 aliphatic rings. The molecule has 6 heteroatoms. The molecule has 0 unspecified atom stereocenters. The molecule has 0 radical (unpaired) electrons. The Morgan fingerprint density at radius 2 is 2.15 bits per heavy atom. The Kier molecular flexibility index (Phi) is 4.69. The van der Waals surface area contributed by atoms with Crippen molar-refractivity contribution < 1.29 is 5.11 Å². The maximum absolute atomic E-state index is 9.07. The van der Waals surface area contributed by atoms with Crippen LogP contribution >= 0.6 is 11.3 Å². The van der Waals surface area contributed by atoms with Gasteiger partial charge in [0.05, 0.1) is 18.5 Å². The van der Waals surface area contributed by atoms with Gasteiger partial charge in [-0.1, -0.05) is 6.08 Å². The van der Waals surface area contributed by atoms with E-state index >= 15 is 0 Å². The number of nitrogens with two attached hydrogens (primary N) is 1. The van der Waals surface area contributed by atoms with Crippen molar-refractivity contribution >= 4 is 27.4 Å². The Balaban J connectivity index is 2.33. The highest BCUT2D eigenvalue weighted by atomic mass is 32.1. The minimum atomic E-state index is 0.1000. The number of hydrogen-bond acceptors (Lipinski definition) is 6.